The predicted octanol–water partition coefficient (Wildman–Crippen LogP) is 5.01. The van der Waals surface area contributed by atoms with Gasteiger partial charge in [0.25, 0.3) is 0 Å². The van der Waals surface area contributed by atoms with E-state index in [1.165, 1.54) is 5.56 Å². The molecule has 0 fully saturated rings. The topological polar surface area (TPSA) is 46.5 Å². The summed E-state index contributed by atoms with van der Waals surface area (Å²) in [4.78, 5) is 10.4. The molecular formula is C21H24O3. The van der Waals surface area contributed by atoms with E-state index in [0.29, 0.717) is 13.0 Å². The van der Waals surface area contributed by atoms with Gasteiger partial charge in [-0.25, -0.2) is 0 Å². The second-order valence-electron chi connectivity index (χ2n) is 5.71. The molecule has 0 aromatic heterocycles. The zero-order valence-electron chi connectivity index (χ0n) is 13.9. The number of ether oxygens (including phenoxy) is 1. The third-order valence-corrected chi connectivity index (χ3v) is 3.70. The Kier molecular flexibility index (Phi) is 7.61. The Morgan fingerprint density at radius 2 is 1.62 bits per heavy atom. The first-order chi connectivity index (χ1) is 11.7. The van der Waals surface area contributed by atoms with Crippen molar-refractivity contribution < 1.29 is 14.6 Å². The Balaban J connectivity index is 1.66. The van der Waals surface area contributed by atoms with E-state index in [0.717, 1.165) is 30.6 Å². The molecule has 0 aliphatic rings. The Labute approximate surface area is 143 Å². The number of carbonyl (C=O) groups is 1. The maximum absolute atomic E-state index is 10.4. The summed E-state index contributed by atoms with van der Waals surface area (Å²) >= 11 is 0. The minimum Gasteiger partial charge on any atom is -0.489 e. The van der Waals surface area contributed by atoms with Crippen molar-refractivity contribution in [3.63, 3.8) is 0 Å². The molecule has 0 spiro atoms. The lowest BCUT2D eigenvalue weighted by Gasteiger charge is -2.07. The van der Waals surface area contributed by atoms with Crippen molar-refractivity contribution >= 4 is 5.97 Å². The quantitative estimate of drug-likeness (QED) is 0.493. The fraction of sp³-hybridized carbons (Fsp3) is 0.286. The molecule has 126 valence electrons. The third kappa shape index (κ3) is 7.14. The standard InChI is InChI=1S/C21H24O3/c22-21(23)12-8-3-1-2-5-9-18-13-15-20(16-14-18)24-17-19-10-6-4-7-11-19/h1-2,4,6-7,10-11,13-16H,3,5,8-9,12,17H2,(H,22,23)/b2-1+. The number of aryl methyl sites for hydroxylation is 1. The molecule has 2 aromatic rings. The minimum atomic E-state index is -0.724. The number of rotatable bonds is 10. The van der Waals surface area contributed by atoms with Crippen LogP contribution in [0.1, 0.15) is 36.8 Å². The van der Waals surface area contributed by atoms with Crippen LogP contribution in [-0.4, -0.2) is 11.1 Å². The van der Waals surface area contributed by atoms with Crippen molar-refractivity contribution in [2.45, 2.75) is 38.7 Å². The van der Waals surface area contributed by atoms with Crippen LogP contribution in [0.3, 0.4) is 0 Å². The fourth-order valence-electron chi connectivity index (χ4n) is 2.35. The highest BCUT2D eigenvalue weighted by Crippen LogP contribution is 2.15. The summed E-state index contributed by atoms with van der Waals surface area (Å²) < 4.78 is 5.77. The summed E-state index contributed by atoms with van der Waals surface area (Å²) in [7, 11) is 0. The first kappa shape index (κ1) is 17.8. The Morgan fingerprint density at radius 3 is 2.33 bits per heavy atom. The van der Waals surface area contributed by atoms with Crippen molar-refractivity contribution in [1.82, 2.24) is 0 Å². The molecule has 0 saturated heterocycles. The first-order valence-corrected chi connectivity index (χ1v) is 8.36. The summed E-state index contributed by atoms with van der Waals surface area (Å²) in [6.07, 6.45) is 7.93. The van der Waals surface area contributed by atoms with E-state index in [2.05, 4.69) is 36.4 Å². The van der Waals surface area contributed by atoms with E-state index in [-0.39, 0.29) is 6.42 Å². The fourth-order valence-corrected chi connectivity index (χ4v) is 2.35. The molecule has 2 rings (SSSR count). The lowest BCUT2D eigenvalue weighted by molar-refractivity contribution is -0.137. The molecule has 0 heterocycles. The van der Waals surface area contributed by atoms with Crippen molar-refractivity contribution in [2.75, 3.05) is 0 Å². The van der Waals surface area contributed by atoms with E-state index in [4.69, 9.17) is 9.84 Å². The number of aliphatic carboxylic acids is 1. The van der Waals surface area contributed by atoms with Crippen LogP contribution in [0, 0.1) is 0 Å². The van der Waals surface area contributed by atoms with Gasteiger partial charge in [0.15, 0.2) is 0 Å². The molecule has 0 aliphatic heterocycles. The van der Waals surface area contributed by atoms with Crippen molar-refractivity contribution in [3.05, 3.63) is 77.9 Å². The molecule has 0 radical (unpaired) electrons. The van der Waals surface area contributed by atoms with Gasteiger partial charge in [-0.15, -0.1) is 0 Å². The SMILES string of the molecule is O=C(O)CCC/C=C/CCc1ccc(OCc2ccccc2)cc1. The van der Waals surface area contributed by atoms with Crippen LogP contribution in [0.4, 0.5) is 0 Å². The molecule has 3 nitrogen and oxygen atoms in total. The Morgan fingerprint density at radius 1 is 0.917 bits per heavy atom. The molecule has 0 atom stereocenters. The van der Waals surface area contributed by atoms with Gasteiger partial charge < -0.3 is 9.84 Å². The van der Waals surface area contributed by atoms with Crippen molar-refractivity contribution in [1.29, 1.82) is 0 Å². The number of hydrogen-bond acceptors (Lipinski definition) is 2. The molecule has 3 heteroatoms. The number of hydrogen-bond donors (Lipinski definition) is 1. The molecule has 0 aliphatic carbocycles. The van der Waals surface area contributed by atoms with Gasteiger partial charge in [-0.1, -0.05) is 54.6 Å². The number of carboxylic acid groups (broad SMARTS) is 1. The van der Waals surface area contributed by atoms with E-state index >= 15 is 0 Å². The van der Waals surface area contributed by atoms with Gasteiger partial charge >= 0.3 is 5.97 Å². The smallest absolute Gasteiger partial charge is 0.303 e. The van der Waals surface area contributed by atoms with Crippen LogP contribution in [0.25, 0.3) is 0 Å². The summed E-state index contributed by atoms with van der Waals surface area (Å²) in [6, 6.07) is 18.3. The van der Waals surface area contributed by atoms with E-state index in [1.807, 2.05) is 30.3 Å². The number of unbranched alkanes of at least 4 members (excludes halogenated alkanes) is 1. The minimum absolute atomic E-state index is 0.245. The van der Waals surface area contributed by atoms with Gasteiger partial charge in [-0.2, -0.15) is 0 Å². The van der Waals surface area contributed by atoms with Crippen LogP contribution < -0.4 is 4.74 Å². The van der Waals surface area contributed by atoms with E-state index < -0.39 is 5.97 Å². The lowest BCUT2D eigenvalue weighted by atomic mass is 10.1. The number of carboxylic acids is 1. The summed E-state index contributed by atoms with van der Waals surface area (Å²) in [6.45, 7) is 0.583. The molecule has 0 saturated carbocycles. The van der Waals surface area contributed by atoms with Gasteiger partial charge in [0.2, 0.25) is 0 Å². The van der Waals surface area contributed by atoms with Crippen LogP contribution in [0.5, 0.6) is 5.75 Å². The highest BCUT2D eigenvalue weighted by atomic mass is 16.5. The number of allylic oxidation sites excluding steroid dienone is 2. The predicted molar refractivity (Wildman–Crippen MR) is 96.2 cm³/mol. The van der Waals surface area contributed by atoms with Gasteiger partial charge in [0.05, 0.1) is 0 Å². The van der Waals surface area contributed by atoms with E-state index in [1.54, 1.807) is 0 Å². The molecule has 1 N–H and O–H groups in total. The molecule has 24 heavy (non-hydrogen) atoms. The normalized spacial score (nSPS) is 10.8. The average molecular weight is 324 g/mol. The lowest BCUT2D eigenvalue weighted by Crippen LogP contribution is -1.95. The zero-order valence-corrected chi connectivity index (χ0v) is 13.9. The maximum Gasteiger partial charge on any atom is 0.303 e. The second-order valence-corrected chi connectivity index (χ2v) is 5.71. The summed E-state index contributed by atoms with van der Waals surface area (Å²) in [5, 5.41) is 8.56. The van der Waals surface area contributed by atoms with Crippen LogP contribution in [-0.2, 0) is 17.8 Å². The highest BCUT2D eigenvalue weighted by Gasteiger charge is 1.97. The Hall–Kier alpha value is -2.55. The van der Waals surface area contributed by atoms with Crippen LogP contribution in [0.15, 0.2) is 66.7 Å². The summed E-state index contributed by atoms with van der Waals surface area (Å²) in [5.74, 6) is 0.157. The average Bonchev–Trinajstić information content (AvgIpc) is 2.61. The maximum atomic E-state index is 10.4. The second kappa shape index (κ2) is 10.3. The van der Waals surface area contributed by atoms with Crippen LogP contribution in [0.2, 0.25) is 0 Å². The third-order valence-electron chi connectivity index (χ3n) is 3.70. The number of benzene rings is 2. The monoisotopic (exact) mass is 324 g/mol. The molecule has 2 aromatic carbocycles. The van der Waals surface area contributed by atoms with Gasteiger partial charge in [0.1, 0.15) is 12.4 Å². The summed E-state index contributed by atoms with van der Waals surface area (Å²) in [5.41, 5.74) is 2.44. The van der Waals surface area contributed by atoms with Gasteiger partial charge in [0, 0.05) is 6.42 Å². The van der Waals surface area contributed by atoms with Crippen molar-refractivity contribution in [2.24, 2.45) is 0 Å². The molecule has 0 bridgehead atoms. The van der Waals surface area contributed by atoms with Gasteiger partial charge in [-0.3, -0.25) is 4.79 Å². The van der Waals surface area contributed by atoms with Gasteiger partial charge in [-0.05, 0) is 48.9 Å². The highest BCUT2D eigenvalue weighted by molar-refractivity contribution is 5.66. The van der Waals surface area contributed by atoms with E-state index in [9.17, 15) is 4.79 Å². The first-order valence-electron chi connectivity index (χ1n) is 8.36. The molecular weight excluding hydrogens is 300 g/mol. The zero-order chi connectivity index (χ0) is 17.0. The largest absolute Gasteiger partial charge is 0.489 e. The Bertz CT molecular complexity index is 630. The molecule has 0 amide bonds. The molecule has 0 unspecified atom stereocenters. The van der Waals surface area contributed by atoms with Crippen LogP contribution >= 0.6 is 0 Å². The van der Waals surface area contributed by atoms with Crippen molar-refractivity contribution in [3.8, 4) is 5.75 Å².